The highest BCUT2D eigenvalue weighted by molar-refractivity contribution is 6.32. The third kappa shape index (κ3) is 3.62. The first-order valence-electron chi connectivity index (χ1n) is 7.14. The van der Waals surface area contributed by atoms with E-state index in [2.05, 4.69) is 11.0 Å². The van der Waals surface area contributed by atoms with E-state index in [9.17, 15) is 0 Å². The molecule has 1 aromatic carbocycles. The molecule has 0 bridgehead atoms. The summed E-state index contributed by atoms with van der Waals surface area (Å²) in [5.41, 5.74) is 7.37. The molecule has 3 rings (SSSR count). The van der Waals surface area contributed by atoms with Gasteiger partial charge in [-0.1, -0.05) is 17.7 Å². The van der Waals surface area contributed by atoms with E-state index in [0.29, 0.717) is 11.1 Å². The van der Waals surface area contributed by atoms with Crippen molar-refractivity contribution in [2.45, 2.75) is 37.8 Å². The van der Waals surface area contributed by atoms with Gasteiger partial charge in [-0.3, -0.25) is 0 Å². The van der Waals surface area contributed by atoms with Crippen LogP contribution in [0.25, 0.3) is 0 Å². The van der Waals surface area contributed by atoms with Crippen LogP contribution in [-0.4, -0.2) is 36.7 Å². The van der Waals surface area contributed by atoms with Crippen LogP contribution in [0.15, 0.2) is 18.2 Å². The molecule has 1 saturated carbocycles. The van der Waals surface area contributed by atoms with Gasteiger partial charge in [-0.25, -0.2) is 0 Å². The number of hydrogen-bond donors (Lipinski definition) is 1. The molecule has 1 aliphatic heterocycles. The van der Waals surface area contributed by atoms with E-state index >= 15 is 0 Å². The molecule has 1 aromatic rings. The first-order chi connectivity index (χ1) is 9.20. The highest BCUT2D eigenvalue weighted by Crippen LogP contribution is 2.32. The second kappa shape index (κ2) is 5.70. The second-order valence-electron chi connectivity index (χ2n) is 5.70. The van der Waals surface area contributed by atoms with Gasteiger partial charge in [0.1, 0.15) is 5.75 Å². The number of likely N-dealkylation sites (tertiary alicyclic amines) is 1. The summed E-state index contributed by atoms with van der Waals surface area (Å²) in [7, 11) is 0. The molecule has 0 aromatic heterocycles. The van der Waals surface area contributed by atoms with Crippen LogP contribution in [0.3, 0.4) is 0 Å². The molecule has 1 atom stereocenters. The Hall–Kier alpha value is -0.770. The van der Waals surface area contributed by atoms with Gasteiger partial charge in [0.2, 0.25) is 0 Å². The van der Waals surface area contributed by atoms with Gasteiger partial charge >= 0.3 is 0 Å². The van der Waals surface area contributed by atoms with E-state index < -0.39 is 0 Å². The number of halogens is 1. The van der Waals surface area contributed by atoms with Crippen molar-refractivity contribution in [3.05, 3.63) is 28.8 Å². The number of hydrogen-bond acceptors (Lipinski definition) is 3. The average molecular weight is 281 g/mol. The van der Waals surface area contributed by atoms with Gasteiger partial charge in [-0.05, 0) is 56.5 Å². The van der Waals surface area contributed by atoms with Gasteiger partial charge in [-0.2, -0.15) is 0 Å². The second-order valence-corrected chi connectivity index (χ2v) is 6.11. The monoisotopic (exact) mass is 280 g/mol. The van der Waals surface area contributed by atoms with Gasteiger partial charge in [0, 0.05) is 12.6 Å². The molecule has 3 nitrogen and oxygen atoms in total. The van der Waals surface area contributed by atoms with E-state index in [4.69, 9.17) is 22.1 Å². The summed E-state index contributed by atoms with van der Waals surface area (Å²) in [4.78, 5) is 2.40. The number of ether oxygens (including phenoxy) is 1. The predicted molar refractivity (Wildman–Crippen MR) is 77.8 cm³/mol. The van der Waals surface area contributed by atoms with Crippen LogP contribution in [-0.2, 0) is 6.42 Å². The standard InChI is InChI=1S/C15H21ClN2O/c16-14-9-11(2-5-15(14)19-13-3-4-13)8-12(17)10-18-6-1-7-18/h2,5,9,12-13H,1,3-4,6-8,10,17H2/t12-/m0/s1. The van der Waals surface area contributed by atoms with Crippen molar-refractivity contribution in [2.75, 3.05) is 19.6 Å². The van der Waals surface area contributed by atoms with E-state index in [-0.39, 0.29) is 6.04 Å². The highest BCUT2D eigenvalue weighted by Gasteiger charge is 2.24. The molecule has 19 heavy (non-hydrogen) atoms. The van der Waals surface area contributed by atoms with Crippen LogP contribution < -0.4 is 10.5 Å². The van der Waals surface area contributed by atoms with Crippen molar-refractivity contribution >= 4 is 11.6 Å². The van der Waals surface area contributed by atoms with E-state index in [1.54, 1.807) is 0 Å². The molecule has 1 aliphatic carbocycles. The molecular weight excluding hydrogens is 260 g/mol. The minimum atomic E-state index is 0.187. The summed E-state index contributed by atoms with van der Waals surface area (Å²) in [6, 6.07) is 6.24. The predicted octanol–water partition coefficient (Wildman–Crippen LogP) is 2.46. The summed E-state index contributed by atoms with van der Waals surface area (Å²) in [6.45, 7) is 3.38. The normalized spacial score (nSPS) is 20.9. The smallest absolute Gasteiger partial charge is 0.138 e. The molecule has 1 heterocycles. The van der Waals surface area contributed by atoms with Crippen LogP contribution in [0, 0.1) is 0 Å². The lowest BCUT2D eigenvalue weighted by Gasteiger charge is -2.32. The van der Waals surface area contributed by atoms with Gasteiger partial charge in [0.05, 0.1) is 11.1 Å². The van der Waals surface area contributed by atoms with Crippen molar-refractivity contribution < 1.29 is 4.74 Å². The molecule has 4 heteroatoms. The molecule has 2 fully saturated rings. The molecule has 1 saturated heterocycles. The summed E-state index contributed by atoms with van der Waals surface area (Å²) in [6.07, 6.45) is 4.88. The van der Waals surface area contributed by atoms with Gasteiger partial charge in [0.15, 0.2) is 0 Å². The highest BCUT2D eigenvalue weighted by atomic mass is 35.5. The van der Waals surface area contributed by atoms with E-state index in [1.807, 2.05) is 12.1 Å². The van der Waals surface area contributed by atoms with Crippen molar-refractivity contribution in [1.29, 1.82) is 0 Å². The Morgan fingerprint density at radius 1 is 1.37 bits per heavy atom. The minimum Gasteiger partial charge on any atom is -0.489 e. The Labute approximate surface area is 119 Å². The fourth-order valence-electron chi connectivity index (χ4n) is 2.40. The molecule has 104 valence electrons. The molecule has 0 amide bonds. The molecule has 2 aliphatic rings. The van der Waals surface area contributed by atoms with Gasteiger partial charge < -0.3 is 15.4 Å². The Balaban J connectivity index is 1.55. The quantitative estimate of drug-likeness (QED) is 0.870. The van der Waals surface area contributed by atoms with Crippen molar-refractivity contribution in [1.82, 2.24) is 4.90 Å². The summed E-state index contributed by atoms with van der Waals surface area (Å²) in [5, 5.41) is 0.709. The van der Waals surface area contributed by atoms with E-state index in [0.717, 1.165) is 31.6 Å². The van der Waals surface area contributed by atoms with Crippen LogP contribution in [0.4, 0.5) is 0 Å². The Morgan fingerprint density at radius 3 is 2.74 bits per heavy atom. The van der Waals surface area contributed by atoms with Crippen molar-refractivity contribution in [2.24, 2.45) is 5.73 Å². The van der Waals surface area contributed by atoms with Crippen LogP contribution in [0.2, 0.25) is 5.02 Å². The van der Waals surface area contributed by atoms with E-state index in [1.165, 1.54) is 25.1 Å². The third-order valence-corrected chi connectivity index (χ3v) is 4.05. The molecule has 0 unspecified atom stereocenters. The number of nitrogens with two attached hydrogens (primary N) is 1. The molecule has 0 radical (unpaired) electrons. The zero-order valence-corrected chi connectivity index (χ0v) is 11.9. The van der Waals surface area contributed by atoms with Crippen molar-refractivity contribution in [3.8, 4) is 5.75 Å². The number of benzene rings is 1. The van der Waals surface area contributed by atoms with Crippen LogP contribution in [0.1, 0.15) is 24.8 Å². The average Bonchev–Trinajstić information content (AvgIpc) is 3.11. The summed E-state index contributed by atoms with van der Waals surface area (Å²) < 4.78 is 5.74. The maximum absolute atomic E-state index is 6.25. The van der Waals surface area contributed by atoms with Crippen LogP contribution in [0.5, 0.6) is 5.75 Å². The van der Waals surface area contributed by atoms with Gasteiger partial charge in [0.25, 0.3) is 0 Å². The number of rotatable bonds is 6. The maximum Gasteiger partial charge on any atom is 0.138 e. The molecular formula is C15H21ClN2O. The molecule has 2 N–H and O–H groups in total. The summed E-state index contributed by atoms with van der Waals surface area (Å²) in [5.74, 6) is 0.809. The van der Waals surface area contributed by atoms with Crippen molar-refractivity contribution in [3.63, 3.8) is 0 Å². The van der Waals surface area contributed by atoms with Crippen LogP contribution >= 0.6 is 11.6 Å². The first kappa shape index (κ1) is 13.2. The topological polar surface area (TPSA) is 38.5 Å². The third-order valence-electron chi connectivity index (χ3n) is 3.75. The fourth-order valence-corrected chi connectivity index (χ4v) is 2.64. The maximum atomic E-state index is 6.25. The Bertz CT molecular complexity index is 444. The lowest BCUT2D eigenvalue weighted by atomic mass is 10.0. The largest absolute Gasteiger partial charge is 0.489 e. The first-order valence-corrected chi connectivity index (χ1v) is 7.51. The Morgan fingerprint density at radius 2 is 2.16 bits per heavy atom. The van der Waals surface area contributed by atoms with Gasteiger partial charge in [-0.15, -0.1) is 0 Å². The molecule has 0 spiro atoms. The zero-order chi connectivity index (χ0) is 13.2. The SMILES string of the molecule is N[C@@H](Cc1ccc(OC2CC2)c(Cl)c1)CN1CCC1. The Kier molecular flexibility index (Phi) is 3.96. The lowest BCUT2D eigenvalue weighted by Crippen LogP contribution is -2.45. The fraction of sp³-hybridized carbons (Fsp3) is 0.600. The number of nitrogens with zero attached hydrogens (tertiary/aromatic N) is 1. The lowest BCUT2D eigenvalue weighted by molar-refractivity contribution is 0.170. The zero-order valence-electron chi connectivity index (χ0n) is 11.1. The summed E-state index contributed by atoms with van der Waals surface area (Å²) >= 11 is 6.25. The minimum absolute atomic E-state index is 0.187.